The van der Waals surface area contributed by atoms with Crippen LogP contribution >= 0.6 is 11.6 Å². The summed E-state index contributed by atoms with van der Waals surface area (Å²) in [5.41, 5.74) is 1.56. The number of aliphatic hydroxyl groups is 1. The highest BCUT2D eigenvalue weighted by Crippen LogP contribution is 2.29. The van der Waals surface area contributed by atoms with Crippen LogP contribution in [-0.2, 0) is 26.0 Å². The Morgan fingerprint density at radius 1 is 1.08 bits per heavy atom. The summed E-state index contributed by atoms with van der Waals surface area (Å²) in [6, 6.07) is 19.8. The summed E-state index contributed by atoms with van der Waals surface area (Å²) in [6.45, 7) is 5.91. The van der Waals surface area contributed by atoms with Crippen molar-refractivity contribution >= 4 is 39.1 Å². The first-order valence-electron chi connectivity index (χ1n) is 16.3. The number of hydrogen-bond acceptors (Lipinski definition) is 7. The number of nitrogens with zero attached hydrogens (tertiary/aromatic N) is 2. The zero-order valence-electron chi connectivity index (χ0n) is 28.0. The van der Waals surface area contributed by atoms with Crippen LogP contribution in [-0.4, -0.2) is 86.1 Å². The van der Waals surface area contributed by atoms with Gasteiger partial charge < -0.3 is 24.8 Å². The number of benzene rings is 3. The number of carbonyl (C=O) groups excluding carboxylic acids is 2. The van der Waals surface area contributed by atoms with Gasteiger partial charge in [0.25, 0.3) is 5.91 Å². The summed E-state index contributed by atoms with van der Waals surface area (Å²) in [7, 11) is -2.34. The largest absolute Gasteiger partial charge is 0.490 e. The molecule has 260 valence electrons. The summed E-state index contributed by atoms with van der Waals surface area (Å²) in [5, 5.41) is 13.6. The van der Waals surface area contributed by atoms with E-state index in [1.165, 1.54) is 35.6 Å². The fraction of sp³-hybridized carbons (Fsp3) is 0.444. The van der Waals surface area contributed by atoms with Crippen molar-refractivity contribution in [3.63, 3.8) is 0 Å². The highest BCUT2D eigenvalue weighted by molar-refractivity contribution is 7.89. The molecule has 4 rings (SSSR count). The molecule has 1 heterocycles. The first-order valence-corrected chi connectivity index (χ1v) is 18.1. The number of fused-ring (bicyclic) bond motifs is 1. The van der Waals surface area contributed by atoms with Crippen molar-refractivity contribution in [1.29, 1.82) is 0 Å². The van der Waals surface area contributed by atoms with Crippen LogP contribution in [0.1, 0.15) is 56.0 Å². The van der Waals surface area contributed by atoms with Gasteiger partial charge >= 0.3 is 0 Å². The summed E-state index contributed by atoms with van der Waals surface area (Å²) in [6.07, 6.45) is 1.64. The van der Waals surface area contributed by atoms with Crippen molar-refractivity contribution in [3.05, 3.63) is 88.9 Å². The maximum absolute atomic E-state index is 14.4. The minimum Gasteiger partial charge on any atom is -0.490 e. The lowest BCUT2D eigenvalue weighted by Crippen LogP contribution is -2.48. The molecule has 1 aliphatic rings. The molecular weight excluding hydrogens is 654 g/mol. The van der Waals surface area contributed by atoms with E-state index in [9.17, 15) is 23.1 Å². The van der Waals surface area contributed by atoms with E-state index in [0.717, 1.165) is 18.4 Å². The van der Waals surface area contributed by atoms with Gasteiger partial charge in [0.05, 0.1) is 41.7 Å². The molecule has 48 heavy (non-hydrogen) atoms. The molecule has 0 saturated carbocycles. The molecule has 0 spiro atoms. The maximum atomic E-state index is 14.4. The molecule has 0 radical (unpaired) electrons. The monoisotopic (exact) mass is 699 g/mol. The average Bonchev–Trinajstić information content (AvgIpc) is 3.06. The molecule has 12 heteroatoms. The normalized spacial score (nSPS) is 20.4. The van der Waals surface area contributed by atoms with E-state index in [4.69, 9.17) is 21.1 Å². The molecular formula is C36H46ClN3O7S. The van der Waals surface area contributed by atoms with Crippen LogP contribution in [0, 0.1) is 5.92 Å². The van der Waals surface area contributed by atoms with E-state index in [1.807, 2.05) is 44.2 Å². The minimum atomic E-state index is -3.84. The molecule has 10 nitrogen and oxygen atoms in total. The molecule has 0 aliphatic carbocycles. The molecule has 2 amide bonds. The van der Waals surface area contributed by atoms with Gasteiger partial charge in [0.1, 0.15) is 5.75 Å². The predicted molar refractivity (Wildman–Crippen MR) is 187 cm³/mol. The number of nitrogens with one attached hydrogen (secondary N) is 1. The Labute approximate surface area is 289 Å². The molecule has 1 aliphatic heterocycles. The quantitative estimate of drug-likeness (QED) is 0.296. The number of sulfonamides is 1. The topological polar surface area (TPSA) is 125 Å². The number of hydrogen-bond donors (Lipinski definition) is 2. The zero-order chi connectivity index (χ0) is 34.8. The van der Waals surface area contributed by atoms with Crippen LogP contribution in [0.4, 0.5) is 5.69 Å². The first kappa shape index (κ1) is 37.3. The first-order chi connectivity index (χ1) is 22.9. The van der Waals surface area contributed by atoms with E-state index in [1.54, 1.807) is 30.0 Å². The molecule has 0 fully saturated rings. The maximum Gasteiger partial charge on any atom is 0.258 e. The van der Waals surface area contributed by atoms with Crippen molar-refractivity contribution in [2.24, 2.45) is 5.92 Å². The van der Waals surface area contributed by atoms with Gasteiger partial charge in [0.2, 0.25) is 15.9 Å². The number of likely N-dealkylation sites (N-methyl/N-ethyl adjacent to an activating group) is 1. The van der Waals surface area contributed by atoms with Gasteiger partial charge in [-0.25, -0.2) is 8.42 Å². The molecule has 0 aromatic heterocycles. The number of amides is 2. The van der Waals surface area contributed by atoms with E-state index in [0.29, 0.717) is 29.5 Å². The van der Waals surface area contributed by atoms with Crippen LogP contribution in [0.25, 0.3) is 0 Å². The van der Waals surface area contributed by atoms with Gasteiger partial charge in [-0.1, -0.05) is 48.9 Å². The second-order valence-corrected chi connectivity index (χ2v) is 14.9. The Kier molecular flexibility index (Phi) is 13.4. The van der Waals surface area contributed by atoms with Crippen molar-refractivity contribution in [2.75, 3.05) is 38.7 Å². The number of rotatable bonds is 9. The van der Waals surface area contributed by atoms with Gasteiger partial charge in [0, 0.05) is 43.4 Å². The Morgan fingerprint density at radius 3 is 2.48 bits per heavy atom. The third-order valence-corrected chi connectivity index (χ3v) is 10.6. The predicted octanol–water partition coefficient (Wildman–Crippen LogP) is 5.64. The van der Waals surface area contributed by atoms with Crippen molar-refractivity contribution in [3.8, 4) is 5.75 Å². The van der Waals surface area contributed by atoms with Crippen LogP contribution in [0.15, 0.2) is 77.7 Å². The van der Waals surface area contributed by atoms with Crippen molar-refractivity contribution in [1.82, 2.24) is 9.21 Å². The number of aliphatic hydroxyl groups excluding tert-OH is 1. The van der Waals surface area contributed by atoms with Crippen LogP contribution in [0.5, 0.6) is 5.75 Å². The van der Waals surface area contributed by atoms with Crippen LogP contribution in [0.2, 0.25) is 5.02 Å². The van der Waals surface area contributed by atoms with Gasteiger partial charge in [-0.2, -0.15) is 4.31 Å². The highest BCUT2D eigenvalue weighted by Gasteiger charge is 2.32. The van der Waals surface area contributed by atoms with Crippen LogP contribution < -0.4 is 10.1 Å². The van der Waals surface area contributed by atoms with Gasteiger partial charge in [-0.3, -0.25) is 9.59 Å². The molecule has 0 bridgehead atoms. The molecule has 0 saturated heterocycles. The fourth-order valence-electron chi connectivity index (χ4n) is 5.59. The lowest BCUT2D eigenvalue weighted by Gasteiger charge is -2.35. The number of halogens is 1. The molecule has 3 aromatic rings. The lowest BCUT2D eigenvalue weighted by atomic mass is 10.0. The summed E-state index contributed by atoms with van der Waals surface area (Å²) >= 11 is 5.98. The standard InChI is InChI=1S/C36H46ClN3O7S/c1-25-22-40(26(2)24-41)36(43)32-21-30(38-35(42)20-28-11-6-5-7-12-28)15-18-33(32)47-27(3)10-8-9-19-46-34(25)23-39(4)48(44,45)31-16-13-29(37)14-17-31/h5-7,11-18,21,25-27,34,41H,8-10,19-20,22-24H2,1-4H3,(H,38,42)/t25-,26-,27-,34+/m0/s1. The van der Waals surface area contributed by atoms with Crippen molar-refractivity contribution in [2.45, 2.75) is 69.6 Å². The summed E-state index contributed by atoms with van der Waals surface area (Å²) in [5.74, 6) is -0.556. The third kappa shape index (κ3) is 10.0. The minimum absolute atomic E-state index is 0.0510. The second kappa shape index (κ2) is 17.3. The van der Waals surface area contributed by atoms with Crippen LogP contribution in [0.3, 0.4) is 0 Å². The van der Waals surface area contributed by atoms with E-state index < -0.39 is 22.2 Å². The Morgan fingerprint density at radius 2 is 1.79 bits per heavy atom. The van der Waals surface area contributed by atoms with Gasteiger partial charge in [-0.15, -0.1) is 0 Å². The number of carbonyl (C=O) groups is 2. The number of ether oxygens (including phenoxy) is 2. The Balaban J connectivity index is 1.62. The Hall–Kier alpha value is -3.48. The summed E-state index contributed by atoms with van der Waals surface area (Å²) < 4.78 is 40.7. The molecule has 4 atom stereocenters. The van der Waals surface area contributed by atoms with Gasteiger partial charge in [0.15, 0.2) is 0 Å². The molecule has 0 unspecified atom stereocenters. The SMILES string of the molecule is C[C@H]1CCCCO[C@H](CN(C)S(=O)(=O)c2ccc(Cl)cc2)[C@@H](C)CN([C@@H](C)CO)C(=O)c2cc(NC(=O)Cc3ccccc3)ccc2O1. The number of anilines is 1. The molecule has 2 N–H and O–H groups in total. The Bertz CT molecular complexity index is 1620. The van der Waals surface area contributed by atoms with Crippen molar-refractivity contribution < 1.29 is 32.6 Å². The average molecular weight is 700 g/mol. The smallest absolute Gasteiger partial charge is 0.258 e. The zero-order valence-corrected chi connectivity index (χ0v) is 29.5. The third-order valence-electron chi connectivity index (χ3n) is 8.50. The highest BCUT2D eigenvalue weighted by atomic mass is 35.5. The fourth-order valence-corrected chi connectivity index (χ4v) is 6.90. The second-order valence-electron chi connectivity index (χ2n) is 12.5. The lowest BCUT2D eigenvalue weighted by molar-refractivity contribution is -0.115. The molecule has 3 aromatic carbocycles. The van der Waals surface area contributed by atoms with E-state index in [-0.39, 0.29) is 60.4 Å². The van der Waals surface area contributed by atoms with Gasteiger partial charge in [-0.05, 0) is 81.1 Å². The van der Waals surface area contributed by atoms with E-state index in [2.05, 4.69) is 5.32 Å². The van der Waals surface area contributed by atoms with E-state index >= 15 is 0 Å². The summed E-state index contributed by atoms with van der Waals surface area (Å²) in [4.78, 5) is 28.9.